The molecule has 0 spiro atoms. The summed E-state index contributed by atoms with van der Waals surface area (Å²) in [6, 6.07) is 11.1. The number of halogens is 1. The minimum Gasteiger partial charge on any atom is -0.334 e. The smallest absolute Gasteiger partial charge is 0.321 e. The molecule has 1 aromatic heterocycles. The number of urea groups is 1. The van der Waals surface area contributed by atoms with Crippen LogP contribution in [-0.2, 0) is 26.9 Å². The van der Waals surface area contributed by atoms with Gasteiger partial charge in [0.2, 0.25) is 5.91 Å². The van der Waals surface area contributed by atoms with Crippen molar-refractivity contribution in [2.75, 3.05) is 10.6 Å². The summed E-state index contributed by atoms with van der Waals surface area (Å²) in [5.41, 5.74) is 1.39. The summed E-state index contributed by atoms with van der Waals surface area (Å²) in [5.74, 6) is -0.983. The zero-order valence-corrected chi connectivity index (χ0v) is 18.0. The van der Waals surface area contributed by atoms with Crippen molar-refractivity contribution < 1.29 is 22.4 Å². The van der Waals surface area contributed by atoms with Crippen LogP contribution in [0.2, 0.25) is 0 Å². The van der Waals surface area contributed by atoms with E-state index in [1.54, 1.807) is 17.5 Å². The number of carbonyl (C=O) groups excluding carboxylic acids is 2. The van der Waals surface area contributed by atoms with E-state index >= 15 is 0 Å². The number of nitrogens with zero attached hydrogens (tertiary/aromatic N) is 1. The molecule has 3 N–H and O–H groups in total. The van der Waals surface area contributed by atoms with Crippen LogP contribution < -0.4 is 16.0 Å². The largest absolute Gasteiger partial charge is 0.334 e. The van der Waals surface area contributed by atoms with E-state index < -0.39 is 21.7 Å². The van der Waals surface area contributed by atoms with Crippen LogP contribution in [0.25, 0.3) is 0 Å². The SMILES string of the molecule is CC(=O)Nc1ccc(S(=O)(=O)Cc2csc(NC(=O)NCc3cccc(F)c3)n2)cc1. The number of amides is 3. The Morgan fingerprint density at radius 1 is 1.10 bits per heavy atom. The lowest BCUT2D eigenvalue weighted by Gasteiger charge is -2.06. The van der Waals surface area contributed by atoms with Gasteiger partial charge in [-0.05, 0) is 42.0 Å². The van der Waals surface area contributed by atoms with Gasteiger partial charge in [-0.15, -0.1) is 11.3 Å². The topological polar surface area (TPSA) is 117 Å². The molecule has 8 nitrogen and oxygen atoms in total. The van der Waals surface area contributed by atoms with Gasteiger partial charge in [0.15, 0.2) is 15.0 Å². The van der Waals surface area contributed by atoms with Crippen LogP contribution in [0.4, 0.5) is 20.0 Å². The van der Waals surface area contributed by atoms with Gasteiger partial charge < -0.3 is 10.6 Å². The molecule has 0 fully saturated rings. The highest BCUT2D eigenvalue weighted by Crippen LogP contribution is 2.22. The first-order chi connectivity index (χ1) is 14.7. The highest BCUT2D eigenvalue weighted by Gasteiger charge is 2.18. The molecule has 31 heavy (non-hydrogen) atoms. The number of hydrogen-bond acceptors (Lipinski definition) is 6. The Balaban J connectivity index is 1.57. The molecule has 1 heterocycles. The summed E-state index contributed by atoms with van der Waals surface area (Å²) in [6.45, 7) is 1.49. The third-order valence-electron chi connectivity index (χ3n) is 3.99. The van der Waals surface area contributed by atoms with E-state index in [0.717, 1.165) is 11.3 Å². The van der Waals surface area contributed by atoms with Crippen molar-refractivity contribution in [2.24, 2.45) is 0 Å². The van der Waals surface area contributed by atoms with Crippen molar-refractivity contribution in [1.82, 2.24) is 10.3 Å². The first-order valence-electron chi connectivity index (χ1n) is 9.05. The summed E-state index contributed by atoms with van der Waals surface area (Å²) in [5, 5.41) is 9.46. The number of anilines is 2. The van der Waals surface area contributed by atoms with Gasteiger partial charge in [0.25, 0.3) is 0 Å². The number of thiazole rings is 1. The Labute approximate surface area is 182 Å². The molecule has 3 aromatic rings. The molecule has 0 aliphatic carbocycles. The molecule has 162 valence electrons. The molecule has 0 atom stereocenters. The highest BCUT2D eigenvalue weighted by atomic mass is 32.2. The lowest BCUT2D eigenvalue weighted by molar-refractivity contribution is -0.114. The number of hydrogen-bond donors (Lipinski definition) is 3. The fourth-order valence-corrected chi connectivity index (χ4v) is 4.69. The second-order valence-corrected chi connectivity index (χ2v) is 9.39. The van der Waals surface area contributed by atoms with Gasteiger partial charge in [-0.1, -0.05) is 12.1 Å². The third kappa shape index (κ3) is 6.59. The van der Waals surface area contributed by atoms with Crippen molar-refractivity contribution in [3.05, 3.63) is 71.0 Å². The Morgan fingerprint density at radius 3 is 2.52 bits per heavy atom. The average Bonchev–Trinajstić information content (AvgIpc) is 3.12. The predicted octanol–water partition coefficient (Wildman–Crippen LogP) is 3.54. The molecule has 3 rings (SSSR count). The van der Waals surface area contributed by atoms with Gasteiger partial charge in [0, 0.05) is 24.5 Å². The van der Waals surface area contributed by atoms with Crippen LogP contribution in [0.15, 0.2) is 58.8 Å². The zero-order valence-electron chi connectivity index (χ0n) is 16.4. The zero-order chi connectivity index (χ0) is 22.4. The summed E-state index contributed by atoms with van der Waals surface area (Å²) >= 11 is 1.09. The molecule has 0 aliphatic rings. The number of benzene rings is 2. The third-order valence-corrected chi connectivity index (χ3v) is 6.46. The maximum atomic E-state index is 13.2. The maximum Gasteiger partial charge on any atom is 0.321 e. The second kappa shape index (κ2) is 9.67. The van der Waals surface area contributed by atoms with E-state index in [1.165, 1.54) is 43.3 Å². The van der Waals surface area contributed by atoms with Crippen LogP contribution in [0.5, 0.6) is 0 Å². The summed E-state index contributed by atoms with van der Waals surface area (Å²) in [6.07, 6.45) is 0. The summed E-state index contributed by atoms with van der Waals surface area (Å²) in [7, 11) is -3.66. The Morgan fingerprint density at radius 2 is 1.84 bits per heavy atom. The lowest BCUT2D eigenvalue weighted by atomic mass is 10.2. The second-order valence-electron chi connectivity index (χ2n) is 6.55. The monoisotopic (exact) mass is 462 g/mol. The van der Waals surface area contributed by atoms with Gasteiger partial charge in [0.1, 0.15) is 5.82 Å². The Bertz CT molecular complexity index is 1190. The van der Waals surface area contributed by atoms with Crippen LogP contribution in [0.1, 0.15) is 18.2 Å². The number of rotatable bonds is 7. The van der Waals surface area contributed by atoms with Gasteiger partial charge in [-0.3, -0.25) is 10.1 Å². The molecule has 0 saturated heterocycles. The first kappa shape index (κ1) is 22.4. The van der Waals surface area contributed by atoms with Crippen LogP contribution >= 0.6 is 11.3 Å². The fourth-order valence-electron chi connectivity index (χ4n) is 2.63. The van der Waals surface area contributed by atoms with Gasteiger partial charge in [-0.25, -0.2) is 22.6 Å². The minimum absolute atomic E-state index is 0.0944. The van der Waals surface area contributed by atoms with Gasteiger partial charge >= 0.3 is 6.03 Å². The first-order valence-corrected chi connectivity index (χ1v) is 11.6. The van der Waals surface area contributed by atoms with Crippen molar-refractivity contribution in [3.63, 3.8) is 0 Å². The maximum absolute atomic E-state index is 13.2. The van der Waals surface area contributed by atoms with E-state index in [1.807, 2.05) is 0 Å². The quantitative estimate of drug-likeness (QED) is 0.497. The molecule has 3 amide bonds. The molecule has 0 aliphatic heterocycles. The van der Waals surface area contributed by atoms with Crippen molar-refractivity contribution in [2.45, 2.75) is 24.1 Å². The molecular weight excluding hydrogens is 443 g/mol. The van der Waals surface area contributed by atoms with Crippen LogP contribution in [0, 0.1) is 5.82 Å². The Kier molecular flexibility index (Phi) is 6.98. The van der Waals surface area contributed by atoms with Gasteiger partial charge in [-0.2, -0.15) is 0 Å². The predicted molar refractivity (Wildman–Crippen MR) is 116 cm³/mol. The number of carbonyl (C=O) groups is 2. The molecular formula is C20H19FN4O4S2. The van der Waals surface area contributed by atoms with E-state index in [2.05, 4.69) is 20.9 Å². The standard InChI is InChI=1S/C20H19FN4O4S2/c1-13(26)23-16-5-7-18(8-6-16)31(28,29)12-17-11-30-20(24-17)25-19(27)22-10-14-3-2-4-15(21)9-14/h2-9,11H,10,12H2,1H3,(H,23,26)(H2,22,24,25,27). The van der Waals surface area contributed by atoms with E-state index in [-0.39, 0.29) is 33.9 Å². The summed E-state index contributed by atoms with van der Waals surface area (Å²) in [4.78, 5) is 27.3. The van der Waals surface area contributed by atoms with Crippen molar-refractivity contribution in [1.29, 1.82) is 0 Å². The lowest BCUT2D eigenvalue weighted by Crippen LogP contribution is -2.28. The van der Waals surface area contributed by atoms with Crippen molar-refractivity contribution >= 4 is 43.9 Å². The molecule has 0 saturated carbocycles. The average molecular weight is 463 g/mol. The fraction of sp³-hybridized carbons (Fsp3) is 0.150. The normalized spacial score (nSPS) is 11.0. The van der Waals surface area contributed by atoms with E-state index in [0.29, 0.717) is 11.3 Å². The highest BCUT2D eigenvalue weighted by molar-refractivity contribution is 7.90. The van der Waals surface area contributed by atoms with Crippen molar-refractivity contribution in [3.8, 4) is 0 Å². The molecule has 0 radical (unpaired) electrons. The molecule has 0 bridgehead atoms. The molecule has 2 aromatic carbocycles. The number of sulfone groups is 1. The Hall–Kier alpha value is -3.31. The number of nitrogens with one attached hydrogen (secondary N) is 3. The molecule has 11 heteroatoms. The van der Waals surface area contributed by atoms with Crippen LogP contribution in [0.3, 0.4) is 0 Å². The summed E-state index contributed by atoms with van der Waals surface area (Å²) < 4.78 is 38.4. The van der Waals surface area contributed by atoms with Crippen LogP contribution in [-0.4, -0.2) is 25.3 Å². The van der Waals surface area contributed by atoms with E-state index in [9.17, 15) is 22.4 Å². The van der Waals surface area contributed by atoms with E-state index in [4.69, 9.17) is 0 Å². The minimum atomic E-state index is -3.66. The molecule has 0 unspecified atom stereocenters. The van der Waals surface area contributed by atoms with Gasteiger partial charge in [0.05, 0.1) is 16.3 Å². The number of aromatic nitrogens is 1.